The van der Waals surface area contributed by atoms with Crippen LogP contribution in [0.2, 0.25) is 0 Å². The minimum Gasteiger partial charge on any atom is -0.492 e. The summed E-state index contributed by atoms with van der Waals surface area (Å²) in [6, 6.07) is 10.5. The van der Waals surface area contributed by atoms with Crippen LogP contribution in [-0.4, -0.2) is 29.2 Å². The minimum absolute atomic E-state index is 0.581. The third-order valence-electron chi connectivity index (χ3n) is 4.49. The van der Waals surface area contributed by atoms with E-state index in [0.29, 0.717) is 12.6 Å². The van der Waals surface area contributed by atoms with E-state index in [1.807, 2.05) is 37.3 Å². The lowest BCUT2D eigenvalue weighted by Gasteiger charge is -2.36. The third kappa shape index (κ3) is 3.78. The van der Waals surface area contributed by atoms with E-state index < -0.39 is 0 Å². The lowest BCUT2D eigenvalue weighted by molar-refractivity contribution is 0.342. The van der Waals surface area contributed by atoms with Crippen molar-refractivity contribution in [1.29, 1.82) is 0 Å². The number of benzene rings is 1. The van der Waals surface area contributed by atoms with Crippen molar-refractivity contribution < 1.29 is 4.74 Å². The normalized spacial score (nSPS) is 17.6. The van der Waals surface area contributed by atoms with Gasteiger partial charge in [-0.15, -0.1) is 0 Å². The summed E-state index contributed by atoms with van der Waals surface area (Å²) in [5.74, 6) is 2.64. The summed E-state index contributed by atoms with van der Waals surface area (Å²) in [6.07, 6.45) is 6.59. The molecule has 128 valence electrons. The van der Waals surface area contributed by atoms with Gasteiger partial charge in [0.25, 0.3) is 0 Å². The predicted molar refractivity (Wildman–Crippen MR) is 98.2 cm³/mol. The highest BCUT2D eigenvalue weighted by Crippen LogP contribution is 2.29. The molecule has 1 atom stereocenters. The van der Waals surface area contributed by atoms with Crippen LogP contribution in [0.15, 0.2) is 36.7 Å². The molecule has 5 heteroatoms. The van der Waals surface area contributed by atoms with Crippen LogP contribution in [0.4, 0.5) is 17.3 Å². The molecule has 1 fully saturated rings. The highest BCUT2D eigenvalue weighted by molar-refractivity contribution is 5.65. The summed E-state index contributed by atoms with van der Waals surface area (Å²) in [5, 5.41) is 3.37. The molecular weight excluding hydrogens is 300 g/mol. The van der Waals surface area contributed by atoms with Crippen LogP contribution in [-0.2, 0) is 0 Å². The zero-order chi connectivity index (χ0) is 16.8. The quantitative estimate of drug-likeness (QED) is 0.853. The van der Waals surface area contributed by atoms with Crippen LogP contribution in [0.3, 0.4) is 0 Å². The van der Waals surface area contributed by atoms with Gasteiger partial charge in [0, 0.05) is 18.7 Å². The van der Waals surface area contributed by atoms with Crippen LogP contribution in [0.25, 0.3) is 0 Å². The maximum atomic E-state index is 5.67. The van der Waals surface area contributed by atoms with E-state index in [1.165, 1.54) is 19.3 Å². The van der Waals surface area contributed by atoms with Gasteiger partial charge in [0.05, 0.1) is 12.3 Å². The number of piperidine rings is 1. The van der Waals surface area contributed by atoms with Crippen LogP contribution in [0, 0.1) is 0 Å². The van der Waals surface area contributed by atoms with E-state index in [2.05, 4.69) is 27.1 Å². The van der Waals surface area contributed by atoms with E-state index in [-0.39, 0.29) is 0 Å². The van der Waals surface area contributed by atoms with Crippen molar-refractivity contribution in [2.75, 3.05) is 23.4 Å². The molecule has 2 aromatic rings. The molecule has 1 saturated heterocycles. The van der Waals surface area contributed by atoms with E-state index in [0.717, 1.165) is 36.0 Å². The van der Waals surface area contributed by atoms with E-state index >= 15 is 0 Å². The largest absolute Gasteiger partial charge is 0.492 e. The van der Waals surface area contributed by atoms with E-state index in [4.69, 9.17) is 4.74 Å². The molecule has 1 unspecified atom stereocenters. The number of ether oxygens (including phenoxy) is 1. The van der Waals surface area contributed by atoms with Gasteiger partial charge >= 0.3 is 0 Å². The SMILES string of the molecule is CCOc1ccccc1Nc1cc(N2CCCCC2CC)ncn1. The Morgan fingerprint density at radius 1 is 1.21 bits per heavy atom. The first kappa shape index (κ1) is 16.6. The maximum Gasteiger partial charge on any atom is 0.142 e. The number of anilines is 3. The van der Waals surface area contributed by atoms with Gasteiger partial charge in [-0.25, -0.2) is 9.97 Å². The monoisotopic (exact) mass is 326 g/mol. The average Bonchev–Trinajstić information content (AvgIpc) is 2.64. The van der Waals surface area contributed by atoms with Crippen molar-refractivity contribution in [3.8, 4) is 5.75 Å². The summed E-state index contributed by atoms with van der Waals surface area (Å²) in [7, 11) is 0. The van der Waals surface area contributed by atoms with Crippen molar-refractivity contribution in [2.45, 2.75) is 45.6 Å². The molecular formula is C19H26N4O. The minimum atomic E-state index is 0.581. The first-order chi connectivity index (χ1) is 11.8. The van der Waals surface area contributed by atoms with Gasteiger partial charge in [-0.2, -0.15) is 0 Å². The fourth-order valence-corrected chi connectivity index (χ4v) is 3.29. The summed E-state index contributed by atoms with van der Waals surface area (Å²) in [4.78, 5) is 11.3. The van der Waals surface area contributed by atoms with Crippen molar-refractivity contribution in [3.05, 3.63) is 36.7 Å². The number of hydrogen-bond acceptors (Lipinski definition) is 5. The Morgan fingerprint density at radius 3 is 2.92 bits per heavy atom. The molecule has 2 heterocycles. The summed E-state index contributed by atoms with van der Waals surface area (Å²) < 4.78 is 5.67. The number of para-hydroxylation sites is 2. The first-order valence-electron chi connectivity index (χ1n) is 8.89. The van der Waals surface area contributed by atoms with Crippen LogP contribution < -0.4 is 15.0 Å². The van der Waals surface area contributed by atoms with Crippen molar-refractivity contribution >= 4 is 17.3 Å². The van der Waals surface area contributed by atoms with Crippen LogP contribution >= 0.6 is 0 Å². The summed E-state index contributed by atoms with van der Waals surface area (Å²) >= 11 is 0. The van der Waals surface area contributed by atoms with Crippen LogP contribution in [0.5, 0.6) is 5.75 Å². The molecule has 1 aromatic carbocycles. The third-order valence-corrected chi connectivity index (χ3v) is 4.49. The van der Waals surface area contributed by atoms with Gasteiger partial charge in [-0.1, -0.05) is 19.1 Å². The maximum absolute atomic E-state index is 5.67. The Balaban J connectivity index is 1.81. The molecule has 0 spiro atoms. The van der Waals surface area contributed by atoms with Gasteiger partial charge in [0.15, 0.2) is 0 Å². The van der Waals surface area contributed by atoms with Gasteiger partial charge in [-0.3, -0.25) is 0 Å². The fraction of sp³-hybridized carbons (Fsp3) is 0.474. The van der Waals surface area contributed by atoms with E-state index in [9.17, 15) is 0 Å². The fourth-order valence-electron chi connectivity index (χ4n) is 3.29. The summed E-state index contributed by atoms with van der Waals surface area (Å²) in [5.41, 5.74) is 0.926. The Hall–Kier alpha value is -2.30. The number of nitrogens with zero attached hydrogens (tertiary/aromatic N) is 3. The van der Waals surface area contributed by atoms with Gasteiger partial charge in [-0.05, 0) is 44.7 Å². The zero-order valence-corrected chi connectivity index (χ0v) is 14.5. The van der Waals surface area contributed by atoms with Gasteiger partial charge in [0.2, 0.25) is 0 Å². The second-order valence-electron chi connectivity index (χ2n) is 6.07. The Labute approximate surface area is 144 Å². The molecule has 0 bridgehead atoms. The molecule has 24 heavy (non-hydrogen) atoms. The lowest BCUT2D eigenvalue weighted by Crippen LogP contribution is -2.39. The van der Waals surface area contributed by atoms with Crippen molar-refractivity contribution in [1.82, 2.24) is 9.97 Å². The topological polar surface area (TPSA) is 50.3 Å². The lowest BCUT2D eigenvalue weighted by atomic mass is 10.0. The molecule has 3 rings (SSSR count). The van der Waals surface area contributed by atoms with Gasteiger partial charge in [0.1, 0.15) is 23.7 Å². The molecule has 0 aliphatic carbocycles. The number of rotatable bonds is 6. The standard InChI is InChI=1S/C19H26N4O/c1-3-15-9-7-8-12-23(15)19-13-18(20-14-21-19)22-16-10-5-6-11-17(16)24-4-2/h5-6,10-11,13-15H,3-4,7-9,12H2,1-2H3,(H,20,21,22). The number of hydrogen-bond donors (Lipinski definition) is 1. The molecule has 0 saturated carbocycles. The Kier molecular flexibility index (Phi) is 5.51. The second-order valence-corrected chi connectivity index (χ2v) is 6.07. The Bertz CT molecular complexity index is 661. The van der Waals surface area contributed by atoms with Crippen molar-refractivity contribution in [3.63, 3.8) is 0 Å². The molecule has 1 aliphatic heterocycles. The highest BCUT2D eigenvalue weighted by atomic mass is 16.5. The van der Waals surface area contributed by atoms with Crippen molar-refractivity contribution in [2.24, 2.45) is 0 Å². The molecule has 1 aromatic heterocycles. The highest BCUT2D eigenvalue weighted by Gasteiger charge is 2.22. The average molecular weight is 326 g/mol. The van der Waals surface area contributed by atoms with E-state index in [1.54, 1.807) is 6.33 Å². The molecule has 5 nitrogen and oxygen atoms in total. The summed E-state index contributed by atoms with van der Waals surface area (Å²) in [6.45, 7) is 5.95. The Morgan fingerprint density at radius 2 is 2.08 bits per heavy atom. The van der Waals surface area contributed by atoms with Gasteiger partial charge < -0.3 is 15.0 Å². The number of nitrogens with one attached hydrogen (secondary N) is 1. The molecule has 0 amide bonds. The molecule has 1 N–H and O–H groups in total. The second kappa shape index (κ2) is 7.99. The smallest absolute Gasteiger partial charge is 0.142 e. The van der Waals surface area contributed by atoms with Crippen LogP contribution in [0.1, 0.15) is 39.5 Å². The first-order valence-corrected chi connectivity index (χ1v) is 8.89. The molecule has 0 radical (unpaired) electrons. The predicted octanol–water partition coefficient (Wildman–Crippen LogP) is 4.39. The number of aromatic nitrogens is 2. The zero-order valence-electron chi connectivity index (χ0n) is 14.5. The molecule has 1 aliphatic rings.